The van der Waals surface area contributed by atoms with E-state index in [4.69, 9.17) is 28.1 Å². The number of benzene rings is 4. The second kappa shape index (κ2) is 14.9. The fraction of sp³-hybridized carbons (Fsp3) is 0.243. The summed E-state index contributed by atoms with van der Waals surface area (Å²) in [6.45, 7) is 1.46. The highest BCUT2D eigenvalue weighted by molar-refractivity contribution is 5.17. The van der Waals surface area contributed by atoms with Crippen LogP contribution >= 0.6 is 0 Å². The molecular weight excluding hydrogens is 540 g/mol. The van der Waals surface area contributed by atoms with Crippen LogP contribution in [0.25, 0.3) is 0 Å². The fourth-order valence-electron chi connectivity index (χ4n) is 5.23. The van der Waals surface area contributed by atoms with Crippen molar-refractivity contribution in [2.24, 2.45) is 0 Å². The van der Waals surface area contributed by atoms with E-state index in [9.17, 15) is 0 Å². The first-order valence-electron chi connectivity index (χ1n) is 14.6. The van der Waals surface area contributed by atoms with E-state index in [-0.39, 0.29) is 0 Å². The molecule has 1 aliphatic rings. The summed E-state index contributed by atoms with van der Waals surface area (Å²) in [7, 11) is 0. The van der Waals surface area contributed by atoms with Gasteiger partial charge in [0.05, 0.1) is 32.7 Å². The zero-order chi connectivity index (χ0) is 29.1. The number of hydrogen-bond donors (Lipinski definition) is 0. The Labute approximate surface area is 252 Å². The first-order chi connectivity index (χ1) is 21.3. The van der Waals surface area contributed by atoms with Crippen LogP contribution in [-0.4, -0.2) is 24.6 Å². The summed E-state index contributed by atoms with van der Waals surface area (Å²) >= 11 is 0. The third-order valence-electron chi connectivity index (χ3n) is 7.43. The topological polar surface area (TPSA) is 59.3 Å². The van der Waals surface area contributed by atoms with Crippen LogP contribution in [0.15, 0.2) is 144 Å². The van der Waals surface area contributed by atoms with Crippen molar-refractivity contribution in [3.63, 3.8) is 0 Å². The Balaban J connectivity index is 1.33. The van der Waals surface area contributed by atoms with Gasteiger partial charge in [-0.3, -0.25) is 0 Å². The van der Waals surface area contributed by atoms with E-state index in [1.807, 2.05) is 133 Å². The summed E-state index contributed by atoms with van der Waals surface area (Å²) in [5.74, 6) is 0.640. The molecule has 2 heterocycles. The Kier molecular flexibility index (Phi) is 10.1. The fourth-order valence-corrected chi connectivity index (χ4v) is 5.23. The Morgan fingerprint density at radius 2 is 0.837 bits per heavy atom. The molecule has 220 valence electrons. The average Bonchev–Trinajstić information content (AvgIpc) is 3.62. The summed E-state index contributed by atoms with van der Waals surface area (Å²) in [6.07, 6.45) is -1.39. The monoisotopic (exact) mass is 576 g/mol. The van der Waals surface area contributed by atoms with Crippen LogP contribution in [-0.2, 0) is 50.1 Å². The van der Waals surface area contributed by atoms with Gasteiger partial charge in [-0.05, 0) is 34.4 Å². The highest BCUT2D eigenvalue weighted by Gasteiger charge is 2.50. The molecule has 1 fully saturated rings. The molecule has 1 aliphatic heterocycles. The van der Waals surface area contributed by atoms with Crippen LogP contribution in [0.3, 0.4) is 0 Å². The lowest BCUT2D eigenvalue weighted by Gasteiger charge is -2.45. The van der Waals surface area contributed by atoms with Crippen molar-refractivity contribution in [3.05, 3.63) is 168 Å². The van der Waals surface area contributed by atoms with Gasteiger partial charge in [0.1, 0.15) is 30.2 Å². The molecule has 5 atom stereocenters. The molecule has 1 saturated heterocycles. The third-order valence-corrected chi connectivity index (χ3v) is 7.43. The van der Waals surface area contributed by atoms with Crippen LogP contribution in [0, 0.1) is 0 Å². The summed E-state index contributed by atoms with van der Waals surface area (Å²) < 4.78 is 39.1. The summed E-state index contributed by atoms with van der Waals surface area (Å²) in [4.78, 5) is 0. The van der Waals surface area contributed by atoms with Crippen molar-refractivity contribution in [3.8, 4) is 0 Å². The van der Waals surface area contributed by atoms with Crippen LogP contribution in [0.2, 0.25) is 0 Å². The van der Waals surface area contributed by atoms with E-state index in [2.05, 4.69) is 0 Å². The summed E-state index contributed by atoms with van der Waals surface area (Å²) in [6, 6.07) is 44.1. The molecule has 0 amide bonds. The van der Waals surface area contributed by atoms with E-state index in [1.165, 1.54) is 0 Å². The van der Waals surface area contributed by atoms with Crippen LogP contribution in [0.5, 0.6) is 0 Å². The first kappa shape index (κ1) is 29.1. The van der Waals surface area contributed by atoms with Crippen molar-refractivity contribution in [2.45, 2.75) is 57.1 Å². The zero-order valence-corrected chi connectivity index (χ0v) is 23.9. The molecule has 0 spiro atoms. The van der Waals surface area contributed by atoms with Gasteiger partial charge in [0.15, 0.2) is 6.29 Å². The molecular formula is C37H36O6. The number of ether oxygens (including phenoxy) is 5. The molecule has 0 aliphatic carbocycles. The molecule has 0 saturated carbocycles. The second-order valence-corrected chi connectivity index (χ2v) is 10.5. The average molecular weight is 577 g/mol. The van der Waals surface area contributed by atoms with E-state index >= 15 is 0 Å². The highest BCUT2D eigenvalue weighted by atomic mass is 16.7. The lowest BCUT2D eigenvalue weighted by atomic mass is 9.96. The zero-order valence-electron chi connectivity index (χ0n) is 23.9. The van der Waals surface area contributed by atoms with Crippen LogP contribution in [0.1, 0.15) is 34.1 Å². The van der Waals surface area contributed by atoms with Gasteiger partial charge in [0.2, 0.25) is 0 Å². The molecule has 6 rings (SSSR count). The molecule has 5 aromatic rings. The second-order valence-electron chi connectivity index (χ2n) is 10.5. The van der Waals surface area contributed by atoms with E-state index in [0.29, 0.717) is 32.2 Å². The third kappa shape index (κ3) is 7.87. The minimum atomic E-state index is -0.753. The maximum absolute atomic E-state index is 6.73. The van der Waals surface area contributed by atoms with Gasteiger partial charge in [-0.2, -0.15) is 0 Å². The number of hydrogen-bond acceptors (Lipinski definition) is 6. The normalized spacial score (nSPS) is 21.9. The lowest BCUT2D eigenvalue weighted by Crippen LogP contribution is -2.57. The van der Waals surface area contributed by atoms with Gasteiger partial charge >= 0.3 is 0 Å². The molecule has 0 radical (unpaired) electrons. The van der Waals surface area contributed by atoms with Gasteiger partial charge in [-0.25, -0.2) is 0 Å². The Morgan fingerprint density at radius 3 is 1.28 bits per heavy atom. The first-order valence-corrected chi connectivity index (χ1v) is 14.6. The predicted molar refractivity (Wildman–Crippen MR) is 163 cm³/mol. The van der Waals surface area contributed by atoms with Crippen molar-refractivity contribution in [1.82, 2.24) is 0 Å². The quantitative estimate of drug-likeness (QED) is 0.144. The molecule has 1 aromatic heterocycles. The van der Waals surface area contributed by atoms with E-state index in [1.54, 1.807) is 6.26 Å². The molecule has 6 nitrogen and oxygen atoms in total. The lowest BCUT2D eigenvalue weighted by molar-refractivity contribution is -0.330. The van der Waals surface area contributed by atoms with E-state index < -0.39 is 30.7 Å². The molecule has 0 unspecified atom stereocenters. The highest BCUT2D eigenvalue weighted by Crippen LogP contribution is 2.39. The largest absolute Gasteiger partial charge is 0.466 e. The van der Waals surface area contributed by atoms with Gasteiger partial charge in [-0.1, -0.05) is 121 Å². The van der Waals surface area contributed by atoms with Gasteiger partial charge in [0.25, 0.3) is 0 Å². The molecule has 0 bridgehead atoms. The van der Waals surface area contributed by atoms with Gasteiger partial charge in [-0.15, -0.1) is 0 Å². The molecule has 4 aromatic carbocycles. The van der Waals surface area contributed by atoms with Crippen LogP contribution < -0.4 is 0 Å². The Bertz CT molecular complexity index is 1460. The van der Waals surface area contributed by atoms with Crippen LogP contribution in [0.4, 0.5) is 0 Å². The van der Waals surface area contributed by atoms with E-state index in [0.717, 1.165) is 22.3 Å². The number of rotatable bonds is 13. The maximum atomic E-state index is 6.73. The maximum Gasteiger partial charge on any atom is 0.187 e. The van der Waals surface area contributed by atoms with Crippen molar-refractivity contribution in [1.29, 1.82) is 0 Å². The minimum absolute atomic E-state index is 0.350. The molecule has 6 heteroatoms. The van der Waals surface area contributed by atoms with Crippen molar-refractivity contribution < 1.29 is 28.1 Å². The SMILES string of the molecule is c1ccc(CO[C@H]2O[C@H](c3ccco3)[C@@H](OCc3ccccc3)[C@H](OCc3ccccc3)[C@@H]2OCc2ccccc2)cc1. The standard InChI is InChI=1S/C37H36O6/c1-5-14-28(15-6-1)24-39-34-33(32-22-13-23-38-32)43-37(42-27-31-20-11-4-12-21-31)36(41-26-30-18-9-3-10-19-30)35(34)40-25-29-16-7-2-8-17-29/h1-23,33-37H,24-27H2/t33-,34-,35+,36+,37+/m1/s1. The smallest absolute Gasteiger partial charge is 0.187 e. The summed E-state index contributed by atoms with van der Waals surface area (Å²) in [5.41, 5.74) is 4.17. The Hall–Kier alpha value is -4.04. The number of furan rings is 1. The van der Waals surface area contributed by atoms with Gasteiger partial charge in [0, 0.05) is 0 Å². The molecule has 0 N–H and O–H groups in total. The summed E-state index contributed by atoms with van der Waals surface area (Å²) in [5, 5.41) is 0. The minimum Gasteiger partial charge on any atom is -0.466 e. The van der Waals surface area contributed by atoms with Crippen molar-refractivity contribution >= 4 is 0 Å². The van der Waals surface area contributed by atoms with Crippen molar-refractivity contribution in [2.75, 3.05) is 0 Å². The molecule has 43 heavy (non-hydrogen) atoms. The Morgan fingerprint density at radius 1 is 0.419 bits per heavy atom. The predicted octanol–water partition coefficient (Wildman–Crippen LogP) is 7.65. The van der Waals surface area contributed by atoms with Gasteiger partial charge < -0.3 is 28.1 Å².